The van der Waals surface area contributed by atoms with E-state index in [-0.39, 0.29) is 18.3 Å². The summed E-state index contributed by atoms with van der Waals surface area (Å²) in [5, 5.41) is 9.52. The fourth-order valence-corrected chi connectivity index (χ4v) is 3.18. The lowest BCUT2D eigenvalue weighted by Crippen LogP contribution is -2.11. The van der Waals surface area contributed by atoms with E-state index in [2.05, 4.69) is 34.6 Å². The highest BCUT2D eigenvalue weighted by atomic mass is 19.1. The summed E-state index contributed by atoms with van der Waals surface area (Å²) in [6.45, 7) is 10.7. The summed E-state index contributed by atoms with van der Waals surface area (Å²) in [6, 6.07) is 6.60. The third kappa shape index (κ3) is 3.61. The Balaban J connectivity index is 2.81. The first-order valence-electron chi connectivity index (χ1n) is 8.26. The monoisotopic (exact) mass is 315 g/mol. The Hall–Kier alpha value is -1.74. The lowest BCUT2D eigenvalue weighted by Gasteiger charge is -2.23. The van der Waals surface area contributed by atoms with Crippen molar-refractivity contribution in [2.75, 3.05) is 6.61 Å². The molecule has 2 nitrogen and oxygen atoms in total. The average molecular weight is 315 g/mol. The van der Waals surface area contributed by atoms with Gasteiger partial charge >= 0.3 is 0 Å². The Morgan fingerprint density at radius 3 is 2.04 bits per heavy atom. The van der Waals surface area contributed by atoms with E-state index in [1.807, 2.05) is 12.1 Å². The third-order valence-corrected chi connectivity index (χ3v) is 4.20. The summed E-state index contributed by atoms with van der Waals surface area (Å²) in [5.74, 6) is 0.348. The van der Waals surface area contributed by atoms with Gasteiger partial charge in [-0.15, -0.1) is 0 Å². The molecule has 0 saturated carbocycles. The highest BCUT2D eigenvalue weighted by molar-refractivity contribution is 5.73. The van der Waals surface area contributed by atoms with Crippen molar-refractivity contribution < 1.29 is 9.50 Å². The van der Waals surface area contributed by atoms with Crippen molar-refractivity contribution in [1.29, 1.82) is 0 Å². The molecular weight excluding hydrogens is 289 g/mol. The predicted octanol–water partition coefficient (Wildman–Crippen LogP) is 4.98. The molecular formula is C20H26FNO. The molecule has 0 aliphatic heterocycles. The molecule has 2 rings (SSSR count). The highest BCUT2D eigenvalue weighted by Gasteiger charge is 2.21. The van der Waals surface area contributed by atoms with Crippen LogP contribution in [-0.4, -0.2) is 16.7 Å². The number of hydrogen-bond donors (Lipinski definition) is 1. The number of aliphatic hydroxyl groups is 1. The van der Waals surface area contributed by atoms with Crippen LogP contribution in [0, 0.1) is 12.7 Å². The van der Waals surface area contributed by atoms with Crippen LogP contribution in [0.2, 0.25) is 0 Å². The second-order valence-electron chi connectivity index (χ2n) is 6.65. The van der Waals surface area contributed by atoms with Crippen LogP contribution < -0.4 is 0 Å². The highest BCUT2D eigenvalue weighted by Crippen LogP contribution is 2.36. The van der Waals surface area contributed by atoms with E-state index < -0.39 is 0 Å². The summed E-state index contributed by atoms with van der Waals surface area (Å²) in [5.41, 5.74) is 6.40. The molecule has 1 aromatic carbocycles. The van der Waals surface area contributed by atoms with E-state index in [1.165, 1.54) is 12.1 Å². The normalized spacial score (nSPS) is 11.5. The molecule has 0 fully saturated rings. The van der Waals surface area contributed by atoms with Gasteiger partial charge in [0.2, 0.25) is 0 Å². The molecule has 0 unspecified atom stereocenters. The molecule has 0 bridgehead atoms. The SMILES string of the molecule is Cc1c(C(C)C)nc(C(C)C)c(CCO)c1-c1ccc(F)cc1. The second-order valence-corrected chi connectivity index (χ2v) is 6.65. The quantitative estimate of drug-likeness (QED) is 0.844. The Morgan fingerprint density at radius 1 is 1.00 bits per heavy atom. The lowest BCUT2D eigenvalue weighted by molar-refractivity contribution is 0.299. The Bertz CT molecular complexity index is 675. The minimum atomic E-state index is -0.239. The summed E-state index contributed by atoms with van der Waals surface area (Å²) in [6.07, 6.45) is 0.562. The zero-order chi connectivity index (χ0) is 17.1. The zero-order valence-corrected chi connectivity index (χ0v) is 14.7. The summed E-state index contributed by atoms with van der Waals surface area (Å²) >= 11 is 0. The van der Waals surface area contributed by atoms with Gasteiger partial charge in [-0.3, -0.25) is 4.98 Å². The standard InChI is InChI=1S/C20H26FNO/c1-12(2)19-14(5)18(15-6-8-16(21)9-7-15)17(10-11-23)20(22-19)13(3)4/h6-9,12-13,23H,10-11H2,1-5H3. The van der Waals surface area contributed by atoms with Gasteiger partial charge in [0.1, 0.15) is 5.82 Å². The van der Waals surface area contributed by atoms with E-state index in [4.69, 9.17) is 4.98 Å². The van der Waals surface area contributed by atoms with Crippen LogP contribution >= 0.6 is 0 Å². The van der Waals surface area contributed by atoms with E-state index in [0.29, 0.717) is 12.3 Å². The molecule has 0 saturated heterocycles. The van der Waals surface area contributed by atoms with Gasteiger partial charge in [0.15, 0.2) is 0 Å². The van der Waals surface area contributed by atoms with Crippen molar-refractivity contribution in [1.82, 2.24) is 4.98 Å². The molecule has 3 heteroatoms. The summed E-state index contributed by atoms with van der Waals surface area (Å²) in [4.78, 5) is 4.91. The van der Waals surface area contributed by atoms with Crippen LogP contribution in [-0.2, 0) is 6.42 Å². The van der Waals surface area contributed by atoms with Crippen molar-refractivity contribution in [2.24, 2.45) is 0 Å². The lowest BCUT2D eigenvalue weighted by atomic mass is 9.86. The molecule has 0 amide bonds. The smallest absolute Gasteiger partial charge is 0.123 e. The maximum Gasteiger partial charge on any atom is 0.123 e. The molecule has 1 aromatic heterocycles. The van der Waals surface area contributed by atoms with Gasteiger partial charge < -0.3 is 5.11 Å². The third-order valence-electron chi connectivity index (χ3n) is 4.20. The van der Waals surface area contributed by atoms with E-state index in [1.54, 1.807) is 0 Å². The molecule has 2 aromatic rings. The zero-order valence-electron chi connectivity index (χ0n) is 14.7. The van der Waals surface area contributed by atoms with Gasteiger partial charge in [-0.1, -0.05) is 39.8 Å². The van der Waals surface area contributed by atoms with E-state index in [9.17, 15) is 9.50 Å². The van der Waals surface area contributed by atoms with E-state index >= 15 is 0 Å². The average Bonchev–Trinajstić information content (AvgIpc) is 2.48. The minimum Gasteiger partial charge on any atom is -0.396 e. The number of benzene rings is 1. The molecule has 1 N–H and O–H groups in total. The first kappa shape index (κ1) is 17.6. The first-order valence-corrected chi connectivity index (χ1v) is 8.26. The second kappa shape index (κ2) is 7.22. The molecule has 124 valence electrons. The number of nitrogens with zero attached hydrogens (tertiary/aromatic N) is 1. The maximum atomic E-state index is 13.3. The van der Waals surface area contributed by atoms with Gasteiger partial charge in [-0.05, 0) is 59.6 Å². The number of aromatic nitrogens is 1. The largest absolute Gasteiger partial charge is 0.396 e. The fraction of sp³-hybridized carbons (Fsp3) is 0.450. The number of rotatable bonds is 5. The molecule has 0 aliphatic carbocycles. The van der Waals surface area contributed by atoms with Crippen molar-refractivity contribution in [3.05, 3.63) is 52.6 Å². The van der Waals surface area contributed by atoms with Gasteiger partial charge in [-0.2, -0.15) is 0 Å². The van der Waals surface area contributed by atoms with Gasteiger partial charge in [0.05, 0.1) is 0 Å². The number of aliphatic hydroxyl groups excluding tert-OH is 1. The fourth-order valence-electron chi connectivity index (χ4n) is 3.18. The van der Waals surface area contributed by atoms with Crippen LogP contribution in [0.4, 0.5) is 4.39 Å². The summed E-state index contributed by atoms with van der Waals surface area (Å²) < 4.78 is 13.3. The summed E-state index contributed by atoms with van der Waals surface area (Å²) in [7, 11) is 0. The minimum absolute atomic E-state index is 0.0794. The first-order chi connectivity index (χ1) is 10.9. The molecule has 0 radical (unpaired) electrons. The Kier molecular flexibility index (Phi) is 5.53. The molecule has 1 heterocycles. The molecule has 23 heavy (non-hydrogen) atoms. The Morgan fingerprint density at radius 2 is 1.57 bits per heavy atom. The molecule has 0 aliphatic rings. The van der Waals surface area contributed by atoms with Crippen molar-refractivity contribution >= 4 is 0 Å². The topological polar surface area (TPSA) is 33.1 Å². The van der Waals surface area contributed by atoms with E-state index in [0.717, 1.165) is 33.6 Å². The van der Waals surface area contributed by atoms with Crippen LogP contribution in [0.15, 0.2) is 24.3 Å². The van der Waals surface area contributed by atoms with Crippen LogP contribution in [0.5, 0.6) is 0 Å². The van der Waals surface area contributed by atoms with Crippen molar-refractivity contribution in [3.8, 4) is 11.1 Å². The Labute approximate surface area is 138 Å². The number of halogens is 1. The van der Waals surface area contributed by atoms with Gasteiger partial charge in [-0.25, -0.2) is 4.39 Å². The van der Waals surface area contributed by atoms with Gasteiger partial charge in [0.25, 0.3) is 0 Å². The van der Waals surface area contributed by atoms with Crippen molar-refractivity contribution in [3.63, 3.8) is 0 Å². The van der Waals surface area contributed by atoms with Gasteiger partial charge in [0, 0.05) is 18.0 Å². The van der Waals surface area contributed by atoms with Crippen LogP contribution in [0.1, 0.15) is 62.0 Å². The predicted molar refractivity (Wildman–Crippen MR) is 93.3 cm³/mol. The maximum absolute atomic E-state index is 13.3. The molecule has 0 atom stereocenters. The number of hydrogen-bond acceptors (Lipinski definition) is 2. The van der Waals surface area contributed by atoms with Crippen molar-refractivity contribution in [2.45, 2.75) is 52.9 Å². The number of pyridine rings is 1. The van der Waals surface area contributed by atoms with Crippen LogP contribution in [0.3, 0.4) is 0 Å². The van der Waals surface area contributed by atoms with Crippen LogP contribution in [0.25, 0.3) is 11.1 Å². The molecule has 0 spiro atoms.